The summed E-state index contributed by atoms with van der Waals surface area (Å²) in [6.45, 7) is 0. The minimum Gasteiger partial charge on any atom is -0.346 e. The van der Waals surface area contributed by atoms with Crippen LogP contribution in [0, 0.1) is 5.82 Å². The van der Waals surface area contributed by atoms with Crippen LogP contribution in [0.15, 0.2) is 48.2 Å². The predicted molar refractivity (Wildman–Crippen MR) is 98.0 cm³/mol. The van der Waals surface area contributed by atoms with E-state index in [2.05, 4.69) is 25.3 Å². The molecule has 2 N–H and O–H groups in total. The number of aromatic nitrogens is 4. The molecule has 1 aromatic carbocycles. The summed E-state index contributed by atoms with van der Waals surface area (Å²) in [4.78, 5) is 27.9. The van der Waals surface area contributed by atoms with Gasteiger partial charge in [0.25, 0.3) is 0 Å². The largest absolute Gasteiger partial charge is 0.346 e. The van der Waals surface area contributed by atoms with Gasteiger partial charge >= 0.3 is 0 Å². The van der Waals surface area contributed by atoms with E-state index in [0.717, 1.165) is 11.0 Å². The van der Waals surface area contributed by atoms with E-state index in [9.17, 15) is 9.18 Å². The summed E-state index contributed by atoms with van der Waals surface area (Å²) in [5, 5.41) is 5.81. The molecule has 0 bridgehead atoms. The first-order valence-electron chi connectivity index (χ1n) is 7.48. The number of thiazole rings is 1. The summed E-state index contributed by atoms with van der Waals surface area (Å²) in [6.07, 6.45) is 3.20. The number of anilines is 1. The van der Waals surface area contributed by atoms with E-state index in [1.165, 1.54) is 23.7 Å². The van der Waals surface area contributed by atoms with Crippen LogP contribution in [0.5, 0.6) is 0 Å². The lowest BCUT2D eigenvalue weighted by Crippen LogP contribution is -2.15. The Bertz CT molecular complexity index is 1070. The van der Waals surface area contributed by atoms with Crippen molar-refractivity contribution in [1.82, 2.24) is 19.9 Å². The zero-order valence-electron chi connectivity index (χ0n) is 12.9. The van der Waals surface area contributed by atoms with Gasteiger partial charge in [-0.15, -0.1) is 11.3 Å². The first-order chi connectivity index (χ1) is 12.2. The van der Waals surface area contributed by atoms with Gasteiger partial charge in [0.15, 0.2) is 5.13 Å². The number of hydrogen-bond donors (Lipinski definition) is 2. The van der Waals surface area contributed by atoms with Crippen LogP contribution >= 0.6 is 11.3 Å². The van der Waals surface area contributed by atoms with Gasteiger partial charge in [-0.05, 0) is 17.7 Å². The number of carbonyl (C=O) groups excluding carboxylic acids is 1. The van der Waals surface area contributed by atoms with Crippen molar-refractivity contribution < 1.29 is 12.0 Å². The highest BCUT2D eigenvalue weighted by Crippen LogP contribution is 2.28. The van der Waals surface area contributed by atoms with E-state index >= 15 is 0 Å². The molecular weight excluding hydrogens is 341 g/mol. The van der Waals surface area contributed by atoms with Crippen molar-refractivity contribution in [2.75, 3.05) is 5.32 Å². The van der Waals surface area contributed by atoms with E-state index in [1.807, 2.05) is 11.4 Å². The van der Waals surface area contributed by atoms with Crippen molar-refractivity contribution in [3.05, 3.63) is 59.6 Å². The second kappa shape index (κ2) is 6.40. The van der Waals surface area contributed by atoms with Crippen LogP contribution in [-0.2, 0) is 11.2 Å². The van der Waals surface area contributed by atoms with Crippen LogP contribution in [-0.4, -0.2) is 25.8 Å². The molecule has 0 aliphatic carbocycles. The Morgan fingerprint density at radius 1 is 1.28 bits per heavy atom. The van der Waals surface area contributed by atoms with Crippen LogP contribution in [0.2, 0.25) is 0 Å². The van der Waals surface area contributed by atoms with Gasteiger partial charge in [0, 0.05) is 19.8 Å². The molecule has 0 saturated heterocycles. The number of benzene rings is 1. The van der Waals surface area contributed by atoms with Crippen LogP contribution in [0.3, 0.4) is 0 Å². The van der Waals surface area contributed by atoms with Crippen molar-refractivity contribution in [2.45, 2.75) is 6.42 Å². The SMILES string of the molecule is O=C(Cc1ccccc1F)Nc1nc(-c2ncnc3[nH]ccc23)cs1.[HH].[HH]. The summed E-state index contributed by atoms with van der Waals surface area (Å²) < 4.78 is 13.6. The Morgan fingerprint density at radius 2 is 2.16 bits per heavy atom. The third kappa shape index (κ3) is 3.11. The Morgan fingerprint density at radius 3 is 3.04 bits per heavy atom. The fourth-order valence-corrected chi connectivity index (χ4v) is 3.21. The van der Waals surface area contributed by atoms with Crippen molar-refractivity contribution in [3.8, 4) is 11.4 Å². The molecule has 0 spiro atoms. The maximum atomic E-state index is 13.6. The Labute approximate surface area is 148 Å². The number of amides is 1. The number of fused-ring (bicyclic) bond motifs is 1. The molecule has 0 unspecified atom stereocenters. The van der Waals surface area contributed by atoms with E-state index in [4.69, 9.17) is 0 Å². The summed E-state index contributed by atoms with van der Waals surface area (Å²) in [5.41, 5.74) is 2.42. The normalized spacial score (nSPS) is 10.9. The number of halogens is 1. The molecule has 6 nitrogen and oxygen atoms in total. The Hall–Kier alpha value is -3.13. The maximum absolute atomic E-state index is 13.6. The minimum atomic E-state index is -0.395. The monoisotopic (exact) mass is 357 g/mol. The molecule has 0 radical (unpaired) electrons. The van der Waals surface area contributed by atoms with Crippen LogP contribution in [0.4, 0.5) is 9.52 Å². The second-order valence-corrected chi connectivity index (χ2v) is 6.17. The highest BCUT2D eigenvalue weighted by atomic mass is 32.1. The molecule has 0 saturated carbocycles. The third-order valence-electron chi connectivity index (χ3n) is 3.66. The smallest absolute Gasteiger partial charge is 0.230 e. The number of rotatable bonds is 4. The first-order valence-corrected chi connectivity index (χ1v) is 8.36. The number of carbonyl (C=O) groups is 1. The molecule has 3 heterocycles. The fraction of sp³-hybridized carbons (Fsp3) is 0.0588. The lowest BCUT2D eigenvalue weighted by atomic mass is 10.1. The highest BCUT2D eigenvalue weighted by Gasteiger charge is 2.13. The molecule has 128 valence electrons. The number of nitrogens with zero attached hydrogens (tertiary/aromatic N) is 3. The third-order valence-corrected chi connectivity index (χ3v) is 4.41. The molecule has 4 aromatic rings. The molecule has 4 rings (SSSR count). The van der Waals surface area contributed by atoms with E-state index in [1.54, 1.807) is 24.4 Å². The Kier molecular flexibility index (Phi) is 3.95. The van der Waals surface area contributed by atoms with Gasteiger partial charge in [0.2, 0.25) is 5.91 Å². The maximum Gasteiger partial charge on any atom is 0.230 e. The number of hydrogen-bond acceptors (Lipinski definition) is 5. The number of aromatic amines is 1. The van der Waals surface area contributed by atoms with Crippen LogP contribution < -0.4 is 5.32 Å². The molecular formula is C17H16FN5OS. The van der Waals surface area contributed by atoms with E-state index in [0.29, 0.717) is 22.1 Å². The van der Waals surface area contributed by atoms with Gasteiger partial charge < -0.3 is 10.3 Å². The lowest BCUT2D eigenvalue weighted by molar-refractivity contribution is -0.115. The minimum absolute atomic E-state index is 0. The average molecular weight is 357 g/mol. The van der Waals surface area contributed by atoms with Crippen molar-refractivity contribution in [2.24, 2.45) is 0 Å². The van der Waals surface area contributed by atoms with Gasteiger partial charge in [0.05, 0.1) is 6.42 Å². The van der Waals surface area contributed by atoms with Gasteiger partial charge in [-0.3, -0.25) is 4.79 Å². The second-order valence-electron chi connectivity index (χ2n) is 5.32. The summed E-state index contributed by atoms with van der Waals surface area (Å²) in [5.74, 6) is -0.714. The van der Waals surface area contributed by atoms with E-state index < -0.39 is 5.82 Å². The lowest BCUT2D eigenvalue weighted by Gasteiger charge is -2.03. The van der Waals surface area contributed by atoms with Crippen LogP contribution in [0.1, 0.15) is 8.42 Å². The quantitative estimate of drug-likeness (QED) is 0.580. The standard InChI is InChI=1S/C17H12FN5OS.2H2/c18-12-4-2-1-3-10(12)7-14(24)23-17-22-13(8-25-17)15-11-5-6-19-16(11)21-9-20-15;;/h1-6,8-9H,7H2,(H,19,20,21)(H,22,23,24);2*1H. The van der Waals surface area contributed by atoms with Crippen molar-refractivity contribution in [1.29, 1.82) is 0 Å². The molecule has 8 heteroatoms. The summed E-state index contributed by atoms with van der Waals surface area (Å²) in [7, 11) is 0. The molecule has 1 amide bonds. The van der Waals surface area contributed by atoms with Gasteiger partial charge in [-0.2, -0.15) is 0 Å². The first kappa shape index (κ1) is 15.4. The fourth-order valence-electron chi connectivity index (χ4n) is 2.49. The zero-order chi connectivity index (χ0) is 17.2. The van der Waals surface area contributed by atoms with Gasteiger partial charge in [-0.25, -0.2) is 19.3 Å². The molecule has 0 atom stereocenters. The average Bonchev–Trinajstić information content (AvgIpc) is 3.25. The molecule has 0 fully saturated rings. The molecule has 0 aliphatic rings. The zero-order valence-corrected chi connectivity index (χ0v) is 13.7. The molecule has 25 heavy (non-hydrogen) atoms. The Balaban J connectivity index is 0.00000131. The number of H-pyrrole nitrogens is 1. The van der Waals surface area contributed by atoms with E-state index in [-0.39, 0.29) is 15.2 Å². The summed E-state index contributed by atoms with van der Waals surface area (Å²) >= 11 is 1.29. The highest BCUT2D eigenvalue weighted by molar-refractivity contribution is 7.14. The van der Waals surface area contributed by atoms with Gasteiger partial charge in [-0.1, -0.05) is 18.2 Å². The number of nitrogens with one attached hydrogen (secondary N) is 2. The summed E-state index contributed by atoms with van der Waals surface area (Å²) in [6, 6.07) is 8.09. The topological polar surface area (TPSA) is 83.6 Å². The molecule has 0 aliphatic heterocycles. The van der Waals surface area contributed by atoms with Gasteiger partial charge in [0.1, 0.15) is 29.2 Å². The van der Waals surface area contributed by atoms with Crippen molar-refractivity contribution >= 4 is 33.4 Å². The molecule has 3 aromatic heterocycles. The predicted octanol–water partition coefficient (Wildman–Crippen LogP) is 3.89. The van der Waals surface area contributed by atoms with Crippen molar-refractivity contribution in [3.63, 3.8) is 0 Å². The van der Waals surface area contributed by atoms with Crippen LogP contribution in [0.25, 0.3) is 22.4 Å².